The van der Waals surface area contributed by atoms with E-state index >= 15 is 0 Å². The van der Waals surface area contributed by atoms with Crippen LogP contribution in [-0.2, 0) is 4.79 Å². The van der Waals surface area contributed by atoms with Gasteiger partial charge >= 0.3 is 0 Å². The largest absolute Gasteiger partial charge is 0.393 e. The highest BCUT2D eigenvalue weighted by Gasteiger charge is 2.43. The number of hydrogen-bond acceptors (Lipinski definition) is 3. The molecule has 0 aromatic carbocycles. The quantitative estimate of drug-likeness (QED) is 0.736. The first-order valence-corrected chi connectivity index (χ1v) is 6.33. The number of carbonyl (C=O) groups is 1. The molecule has 3 atom stereocenters. The number of piperidine rings is 1. The van der Waals surface area contributed by atoms with Crippen LogP contribution in [0.5, 0.6) is 0 Å². The number of nitrogens with zero attached hydrogens (tertiary/aromatic N) is 1. The Labute approximate surface area is 96.8 Å². The normalized spacial score (nSPS) is 35.2. The highest BCUT2D eigenvalue weighted by molar-refractivity contribution is 5.79. The van der Waals surface area contributed by atoms with Gasteiger partial charge < -0.3 is 15.7 Å². The molecule has 0 spiro atoms. The molecule has 92 valence electrons. The number of aliphatic hydroxyl groups is 1. The first-order chi connectivity index (χ1) is 7.63. The topological polar surface area (TPSA) is 66.6 Å². The van der Waals surface area contributed by atoms with Crippen LogP contribution in [0.3, 0.4) is 0 Å². The lowest BCUT2D eigenvalue weighted by molar-refractivity contribution is -0.141. The van der Waals surface area contributed by atoms with E-state index in [2.05, 4.69) is 0 Å². The SMILES string of the molecule is CC(CCN)C(=O)N1C2CCC1CC(O)C2. The standard InChI is InChI=1S/C12H22N2O2/c1-8(4-5-13)12(16)14-9-2-3-10(14)7-11(15)6-9/h8-11,15H,2-7,13H2,1H3. The van der Waals surface area contributed by atoms with Gasteiger partial charge in [0.1, 0.15) is 0 Å². The molecule has 2 rings (SSSR count). The van der Waals surface area contributed by atoms with Crippen LogP contribution in [0.4, 0.5) is 0 Å². The van der Waals surface area contributed by atoms with E-state index in [4.69, 9.17) is 5.73 Å². The Morgan fingerprint density at radius 1 is 1.44 bits per heavy atom. The molecule has 0 aromatic heterocycles. The van der Waals surface area contributed by atoms with E-state index in [1.54, 1.807) is 0 Å². The van der Waals surface area contributed by atoms with Gasteiger partial charge in [-0.2, -0.15) is 0 Å². The monoisotopic (exact) mass is 226 g/mol. The molecule has 0 aromatic rings. The molecule has 0 radical (unpaired) electrons. The second-order valence-electron chi connectivity index (χ2n) is 5.23. The predicted octanol–water partition coefficient (Wildman–Crippen LogP) is 0.486. The van der Waals surface area contributed by atoms with Crippen LogP contribution in [-0.4, -0.2) is 40.6 Å². The van der Waals surface area contributed by atoms with Crippen molar-refractivity contribution in [2.45, 2.75) is 57.2 Å². The van der Waals surface area contributed by atoms with Crippen LogP contribution in [0.2, 0.25) is 0 Å². The van der Waals surface area contributed by atoms with Gasteiger partial charge in [0.15, 0.2) is 0 Å². The second kappa shape index (κ2) is 4.72. The molecule has 0 saturated carbocycles. The van der Waals surface area contributed by atoms with Crippen LogP contribution in [0.1, 0.15) is 39.0 Å². The summed E-state index contributed by atoms with van der Waals surface area (Å²) in [5.74, 6) is 0.271. The summed E-state index contributed by atoms with van der Waals surface area (Å²) in [6.07, 6.45) is 4.20. The Kier molecular flexibility index (Phi) is 3.50. The fourth-order valence-corrected chi connectivity index (χ4v) is 3.14. The molecular formula is C12H22N2O2. The molecule has 2 aliphatic rings. The van der Waals surface area contributed by atoms with Crippen molar-refractivity contribution in [3.05, 3.63) is 0 Å². The molecule has 4 nitrogen and oxygen atoms in total. The van der Waals surface area contributed by atoms with Gasteiger partial charge in [-0.05, 0) is 38.6 Å². The van der Waals surface area contributed by atoms with Crippen molar-refractivity contribution in [2.24, 2.45) is 11.7 Å². The van der Waals surface area contributed by atoms with Crippen LogP contribution in [0.15, 0.2) is 0 Å². The Morgan fingerprint density at radius 3 is 2.50 bits per heavy atom. The number of fused-ring (bicyclic) bond motifs is 2. The zero-order valence-electron chi connectivity index (χ0n) is 9.93. The molecule has 2 aliphatic heterocycles. The molecule has 2 bridgehead atoms. The van der Waals surface area contributed by atoms with Crippen molar-refractivity contribution in [1.82, 2.24) is 4.90 Å². The zero-order valence-corrected chi connectivity index (χ0v) is 9.93. The van der Waals surface area contributed by atoms with Crippen molar-refractivity contribution in [2.75, 3.05) is 6.54 Å². The van der Waals surface area contributed by atoms with E-state index in [9.17, 15) is 9.90 Å². The molecule has 2 saturated heterocycles. The number of hydrogen-bond donors (Lipinski definition) is 2. The van der Waals surface area contributed by atoms with Crippen molar-refractivity contribution < 1.29 is 9.90 Å². The third-order valence-electron chi connectivity index (χ3n) is 3.98. The first kappa shape index (κ1) is 11.9. The van der Waals surface area contributed by atoms with E-state index in [1.807, 2.05) is 11.8 Å². The lowest BCUT2D eigenvalue weighted by Crippen LogP contribution is -2.49. The van der Waals surface area contributed by atoms with Crippen LogP contribution < -0.4 is 5.73 Å². The third-order valence-corrected chi connectivity index (χ3v) is 3.98. The van der Waals surface area contributed by atoms with Gasteiger partial charge in [0.2, 0.25) is 5.91 Å². The summed E-state index contributed by atoms with van der Waals surface area (Å²) in [5, 5.41) is 9.67. The summed E-state index contributed by atoms with van der Waals surface area (Å²) in [7, 11) is 0. The number of nitrogens with two attached hydrogens (primary N) is 1. The lowest BCUT2D eigenvalue weighted by atomic mass is 9.97. The average molecular weight is 226 g/mol. The maximum atomic E-state index is 12.2. The van der Waals surface area contributed by atoms with Gasteiger partial charge in [0, 0.05) is 18.0 Å². The minimum atomic E-state index is -0.202. The highest BCUT2D eigenvalue weighted by Crippen LogP contribution is 2.36. The highest BCUT2D eigenvalue weighted by atomic mass is 16.3. The van der Waals surface area contributed by atoms with Crippen molar-refractivity contribution >= 4 is 5.91 Å². The number of carbonyl (C=O) groups excluding carboxylic acids is 1. The lowest BCUT2D eigenvalue weighted by Gasteiger charge is -2.38. The molecule has 2 fully saturated rings. The summed E-state index contributed by atoms with van der Waals surface area (Å²) >= 11 is 0. The minimum absolute atomic E-state index is 0.0309. The molecule has 0 aliphatic carbocycles. The average Bonchev–Trinajstić information content (AvgIpc) is 2.50. The molecule has 4 heteroatoms. The fourth-order valence-electron chi connectivity index (χ4n) is 3.14. The van der Waals surface area contributed by atoms with Gasteiger partial charge in [-0.3, -0.25) is 4.79 Å². The number of aliphatic hydroxyl groups excluding tert-OH is 1. The molecule has 16 heavy (non-hydrogen) atoms. The second-order valence-corrected chi connectivity index (χ2v) is 5.23. The van der Waals surface area contributed by atoms with Crippen LogP contribution >= 0.6 is 0 Å². The maximum absolute atomic E-state index is 12.2. The summed E-state index contributed by atoms with van der Waals surface area (Å²) < 4.78 is 0. The molecular weight excluding hydrogens is 204 g/mol. The smallest absolute Gasteiger partial charge is 0.225 e. The van der Waals surface area contributed by atoms with Gasteiger partial charge in [-0.1, -0.05) is 6.92 Å². The van der Waals surface area contributed by atoms with Gasteiger partial charge in [-0.25, -0.2) is 0 Å². The Bertz CT molecular complexity index is 256. The van der Waals surface area contributed by atoms with E-state index in [1.165, 1.54) is 0 Å². The number of rotatable bonds is 3. The molecule has 1 amide bonds. The van der Waals surface area contributed by atoms with Crippen molar-refractivity contribution in [3.8, 4) is 0 Å². The number of amides is 1. The van der Waals surface area contributed by atoms with E-state index in [-0.39, 0.29) is 30.0 Å². The Hall–Kier alpha value is -0.610. The molecule has 3 N–H and O–H groups in total. The van der Waals surface area contributed by atoms with Crippen molar-refractivity contribution in [3.63, 3.8) is 0 Å². The maximum Gasteiger partial charge on any atom is 0.225 e. The summed E-state index contributed by atoms with van der Waals surface area (Å²) in [5.41, 5.74) is 5.49. The Balaban J connectivity index is 2.02. The van der Waals surface area contributed by atoms with E-state index in [0.29, 0.717) is 6.54 Å². The summed E-state index contributed by atoms with van der Waals surface area (Å²) in [6.45, 7) is 2.53. The summed E-state index contributed by atoms with van der Waals surface area (Å²) in [4.78, 5) is 14.3. The molecule has 2 heterocycles. The van der Waals surface area contributed by atoms with Crippen molar-refractivity contribution in [1.29, 1.82) is 0 Å². The fraction of sp³-hybridized carbons (Fsp3) is 0.917. The van der Waals surface area contributed by atoms with Gasteiger partial charge in [0.05, 0.1) is 6.10 Å². The zero-order chi connectivity index (χ0) is 11.7. The van der Waals surface area contributed by atoms with Gasteiger partial charge in [-0.15, -0.1) is 0 Å². The third kappa shape index (κ3) is 2.09. The van der Waals surface area contributed by atoms with E-state index < -0.39 is 0 Å². The first-order valence-electron chi connectivity index (χ1n) is 6.33. The minimum Gasteiger partial charge on any atom is -0.393 e. The van der Waals surface area contributed by atoms with Gasteiger partial charge in [0.25, 0.3) is 0 Å². The van der Waals surface area contributed by atoms with Crippen LogP contribution in [0.25, 0.3) is 0 Å². The van der Waals surface area contributed by atoms with E-state index in [0.717, 1.165) is 32.1 Å². The Morgan fingerprint density at radius 2 is 2.00 bits per heavy atom. The predicted molar refractivity (Wildman–Crippen MR) is 61.7 cm³/mol. The van der Waals surface area contributed by atoms with Crippen LogP contribution in [0, 0.1) is 5.92 Å². The molecule has 3 unspecified atom stereocenters. The summed E-state index contributed by atoms with van der Waals surface area (Å²) in [6, 6.07) is 0.558.